The van der Waals surface area contributed by atoms with Crippen LogP contribution in [0.1, 0.15) is 5.69 Å². The lowest BCUT2D eigenvalue weighted by atomic mass is 10.4. The highest BCUT2D eigenvalue weighted by Gasteiger charge is 1.98. The molecule has 2 aromatic rings. The van der Waals surface area contributed by atoms with Gasteiger partial charge in [-0.05, 0) is 12.1 Å². The maximum atomic E-state index is 4.09. The molecular formula is C10H14N4. The summed E-state index contributed by atoms with van der Waals surface area (Å²) in [5.74, 6) is 0. The summed E-state index contributed by atoms with van der Waals surface area (Å²) in [7, 11) is 3.95. The maximum absolute atomic E-state index is 4.09. The molecule has 1 N–H and O–H groups in total. The third kappa shape index (κ3) is 1.79. The van der Waals surface area contributed by atoms with Crippen LogP contribution in [0.25, 0.3) is 0 Å². The third-order valence-corrected chi connectivity index (χ3v) is 2.23. The number of hydrogen-bond acceptors (Lipinski definition) is 2. The molecule has 0 unspecified atom stereocenters. The molecule has 0 bridgehead atoms. The van der Waals surface area contributed by atoms with E-state index in [4.69, 9.17) is 0 Å². The van der Waals surface area contributed by atoms with Crippen LogP contribution < -0.4 is 5.32 Å². The summed E-state index contributed by atoms with van der Waals surface area (Å²) in [4.78, 5) is 0. The first kappa shape index (κ1) is 8.87. The molecule has 0 aliphatic heterocycles. The average Bonchev–Trinajstić information content (AvgIpc) is 2.72. The Hall–Kier alpha value is -1.71. The van der Waals surface area contributed by atoms with Gasteiger partial charge in [0.2, 0.25) is 0 Å². The second kappa shape index (κ2) is 3.57. The van der Waals surface area contributed by atoms with Gasteiger partial charge >= 0.3 is 0 Å². The predicted octanol–water partition coefficient (Wildman–Crippen LogP) is 1.37. The summed E-state index contributed by atoms with van der Waals surface area (Å²) in [6, 6.07) is 4.14. The standard InChI is InChI=1S/C10H14N4/c1-13-5-3-4-10(13)7-11-9-6-12-14(2)8-9/h3-6,8,11H,7H2,1-2H3. The zero-order valence-corrected chi connectivity index (χ0v) is 8.44. The summed E-state index contributed by atoms with van der Waals surface area (Å²) in [5, 5.41) is 7.39. The van der Waals surface area contributed by atoms with Crippen molar-refractivity contribution in [2.24, 2.45) is 14.1 Å². The Bertz CT molecular complexity index is 413. The number of aryl methyl sites for hydroxylation is 2. The van der Waals surface area contributed by atoms with Gasteiger partial charge in [-0.1, -0.05) is 0 Å². The van der Waals surface area contributed by atoms with Crippen LogP contribution in [0.5, 0.6) is 0 Å². The Morgan fingerprint density at radius 3 is 2.86 bits per heavy atom. The van der Waals surface area contributed by atoms with Gasteiger partial charge in [0, 0.05) is 32.2 Å². The number of aromatic nitrogens is 3. The normalized spacial score (nSPS) is 10.4. The van der Waals surface area contributed by atoms with E-state index in [-0.39, 0.29) is 0 Å². The molecule has 2 aromatic heterocycles. The van der Waals surface area contributed by atoms with Crippen LogP contribution in [0.4, 0.5) is 5.69 Å². The highest BCUT2D eigenvalue weighted by Crippen LogP contribution is 2.07. The smallest absolute Gasteiger partial charge is 0.0729 e. The lowest BCUT2D eigenvalue weighted by Crippen LogP contribution is -2.03. The molecule has 0 atom stereocenters. The third-order valence-electron chi connectivity index (χ3n) is 2.23. The fourth-order valence-corrected chi connectivity index (χ4v) is 1.39. The number of hydrogen-bond donors (Lipinski definition) is 1. The van der Waals surface area contributed by atoms with E-state index in [2.05, 4.69) is 21.0 Å². The number of rotatable bonds is 3. The fraction of sp³-hybridized carbons (Fsp3) is 0.300. The summed E-state index contributed by atoms with van der Waals surface area (Å²) in [6.45, 7) is 0.829. The molecule has 2 heterocycles. The Balaban J connectivity index is 1.98. The SMILES string of the molecule is Cn1cc(NCc2cccn2C)cn1. The Morgan fingerprint density at radius 2 is 2.29 bits per heavy atom. The van der Waals surface area contributed by atoms with Gasteiger partial charge < -0.3 is 9.88 Å². The zero-order valence-electron chi connectivity index (χ0n) is 8.44. The Morgan fingerprint density at radius 1 is 1.43 bits per heavy atom. The lowest BCUT2D eigenvalue weighted by Gasteiger charge is -2.04. The van der Waals surface area contributed by atoms with Crippen LogP contribution in [-0.4, -0.2) is 14.3 Å². The monoisotopic (exact) mass is 190 g/mol. The summed E-state index contributed by atoms with van der Waals surface area (Å²) >= 11 is 0. The van der Waals surface area contributed by atoms with E-state index < -0.39 is 0 Å². The molecule has 0 amide bonds. The molecule has 0 aliphatic carbocycles. The van der Waals surface area contributed by atoms with Crippen LogP contribution in [0.3, 0.4) is 0 Å². The van der Waals surface area contributed by atoms with Gasteiger partial charge in [0.15, 0.2) is 0 Å². The highest BCUT2D eigenvalue weighted by molar-refractivity contribution is 5.38. The first-order valence-corrected chi connectivity index (χ1v) is 4.58. The second-order valence-corrected chi connectivity index (χ2v) is 3.37. The van der Waals surface area contributed by atoms with Crippen molar-refractivity contribution in [2.75, 3.05) is 5.32 Å². The summed E-state index contributed by atoms with van der Waals surface area (Å²) in [5.41, 5.74) is 2.31. The lowest BCUT2D eigenvalue weighted by molar-refractivity contribution is 0.767. The molecule has 0 fully saturated rings. The molecule has 0 aliphatic rings. The highest BCUT2D eigenvalue weighted by atomic mass is 15.3. The first-order valence-electron chi connectivity index (χ1n) is 4.58. The minimum atomic E-state index is 0.829. The van der Waals surface area contributed by atoms with Crippen molar-refractivity contribution in [2.45, 2.75) is 6.54 Å². The molecule has 0 aromatic carbocycles. The minimum Gasteiger partial charge on any atom is -0.377 e. The van der Waals surface area contributed by atoms with Gasteiger partial charge in [0.05, 0.1) is 18.4 Å². The molecule has 4 heteroatoms. The van der Waals surface area contributed by atoms with E-state index in [0.717, 1.165) is 12.2 Å². The Labute approximate surface area is 83.2 Å². The molecule has 0 radical (unpaired) electrons. The average molecular weight is 190 g/mol. The van der Waals surface area contributed by atoms with Crippen molar-refractivity contribution in [1.82, 2.24) is 14.3 Å². The van der Waals surface area contributed by atoms with Crippen LogP contribution in [0.15, 0.2) is 30.7 Å². The van der Waals surface area contributed by atoms with E-state index in [0.29, 0.717) is 0 Å². The van der Waals surface area contributed by atoms with Gasteiger partial charge in [-0.3, -0.25) is 4.68 Å². The van der Waals surface area contributed by atoms with Crippen molar-refractivity contribution in [3.63, 3.8) is 0 Å². The van der Waals surface area contributed by atoms with Crippen molar-refractivity contribution in [1.29, 1.82) is 0 Å². The van der Waals surface area contributed by atoms with E-state index >= 15 is 0 Å². The first-order chi connectivity index (χ1) is 6.75. The van der Waals surface area contributed by atoms with E-state index in [9.17, 15) is 0 Å². The van der Waals surface area contributed by atoms with Crippen molar-refractivity contribution >= 4 is 5.69 Å². The van der Waals surface area contributed by atoms with Crippen LogP contribution >= 0.6 is 0 Å². The van der Waals surface area contributed by atoms with Crippen LogP contribution in [0, 0.1) is 0 Å². The fourth-order valence-electron chi connectivity index (χ4n) is 1.39. The quantitative estimate of drug-likeness (QED) is 0.793. The number of anilines is 1. The molecule has 0 saturated carbocycles. The molecular weight excluding hydrogens is 176 g/mol. The maximum Gasteiger partial charge on any atom is 0.0729 e. The van der Waals surface area contributed by atoms with E-state index in [1.807, 2.05) is 38.8 Å². The predicted molar refractivity (Wildman–Crippen MR) is 55.9 cm³/mol. The number of nitrogens with one attached hydrogen (secondary N) is 1. The summed E-state index contributed by atoms with van der Waals surface area (Å²) in [6.07, 6.45) is 5.83. The molecule has 74 valence electrons. The van der Waals surface area contributed by atoms with Gasteiger partial charge in [0.25, 0.3) is 0 Å². The molecule has 2 rings (SSSR count). The van der Waals surface area contributed by atoms with Crippen molar-refractivity contribution in [3.8, 4) is 0 Å². The largest absolute Gasteiger partial charge is 0.377 e. The van der Waals surface area contributed by atoms with Gasteiger partial charge in [0.1, 0.15) is 0 Å². The topological polar surface area (TPSA) is 34.8 Å². The second-order valence-electron chi connectivity index (χ2n) is 3.37. The van der Waals surface area contributed by atoms with Gasteiger partial charge in [-0.15, -0.1) is 0 Å². The van der Waals surface area contributed by atoms with Crippen molar-refractivity contribution < 1.29 is 0 Å². The summed E-state index contributed by atoms with van der Waals surface area (Å²) < 4.78 is 3.89. The molecule has 0 saturated heterocycles. The zero-order chi connectivity index (χ0) is 9.97. The van der Waals surface area contributed by atoms with Gasteiger partial charge in [-0.25, -0.2) is 0 Å². The van der Waals surface area contributed by atoms with Crippen LogP contribution in [0.2, 0.25) is 0 Å². The molecule has 0 spiro atoms. The van der Waals surface area contributed by atoms with Crippen LogP contribution in [-0.2, 0) is 20.6 Å². The minimum absolute atomic E-state index is 0.829. The van der Waals surface area contributed by atoms with E-state index in [1.165, 1.54) is 5.69 Å². The molecule has 4 nitrogen and oxygen atoms in total. The number of nitrogens with zero attached hydrogens (tertiary/aromatic N) is 3. The van der Waals surface area contributed by atoms with E-state index in [1.54, 1.807) is 4.68 Å². The molecule has 14 heavy (non-hydrogen) atoms. The van der Waals surface area contributed by atoms with Crippen molar-refractivity contribution in [3.05, 3.63) is 36.4 Å². The Kier molecular flexibility index (Phi) is 2.26. The van der Waals surface area contributed by atoms with Gasteiger partial charge in [-0.2, -0.15) is 5.10 Å².